The Kier molecular flexibility index (Phi) is 2.20. The topological polar surface area (TPSA) is 53.2 Å². The lowest BCUT2D eigenvalue weighted by atomic mass is 10.1. The summed E-state index contributed by atoms with van der Waals surface area (Å²) in [6.45, 7) is 1.82. The van der Waals surface area contributed by atoms with Crippen LogP contribution in [0.2, 0.25) is 0 Å². The quantitative estimate of drug-likeness (QED) is 0.683. The first-order chi connectivity index (χ1) is 5.69. The number of phenols is 1. The van der Waals surface area contributed by atoms with Crippen LogP contribution in [-0.4, -0.2) is 12.2 Å². The van der Waals surface area contributed by atoms with E-state index in [9.17, 15) is 5.11 Å². The van der Waals surface area contributed by atoms with Crippen molar-refractivity contribution < 1.29 is 9.84 Å². The van der Waals surface area contributed by atoms with Gasteiger partial charge in [-0.15, -0.1) is 0 Å². The average molecular weight is 163 g/mol. The molecule has 0 saturated carbocycles. The van der Waals surface area contributed by atoms with Crippen LogP contribution >= 0.6 is 0 Å². The lowest BCUT2D eigenvalue weighted by molar-refractivity contribution is 0.404. The second-order valence-electron chi connectivity index (χ2n) is 2.45. The van der Waals surface area contributed by atoms with Gasteiger partial charge in [-0.05, 0) is 18.6 Å². The Morgan fingerprint density at radius 2 is 2.17 bits per heavy atom. The number of methoxy groups -OCH3 is 1. The van der Waals surface area contributed by atoms with Crippen molar-refractivity contribution in [2.75, 3.05) is 7.11 Å². The second kappa shape index (κ2) is 3.14. The van der Waals surface area contributed by atoms with Crippen LogP contribution in [0.4, 0.5) is 0 Å². The summed E-state index contributed by atoms with van der Waals surface area (Å²) in [4.78, 5) is 0. The molecule has 0 amide bonds. The molecule has 3 heteroatoms. The number of aromatic hydroxyl groups is 1. The van der Waals surface area contributed by atoms with Crippen molar-refractivity contribution in [3.63, 3.8) is 0 Å². The zero-order valence-electron chi connectivity index (χ0n) is 6.96. The first-order valence-electron chi connectivity index (χ1n) is 3.46. The molecular weight excluding hydrogens is 154 g/mol. The molecule has 0 bridgehead atoms. The van der Waals surface area contributed by atoms with Gasteiger partial charge in [-0.3, -0.25) is 0 Å². The minimum atomic E-state index is -0.0417. The maximum Gasteiger partial charge on any atom is 0.137 e. The molecule has 0 aliphatic heterocycles. The highest BCUT2D eigenvalue weighted by molar-refractivity contribution is 5.50. The Bertz CT molecular complexity index is 338. The molecule has 1 aromatic carbocycles. The lowest BCUT2D eigenvalue weighted by Gasteiger charge is -2.05. The van der Waals surface area contributed by atoms with Crippen molar-refractivity contribution in [2.45, 2.75) is 6.92 Å². The van der Waals surface area contributed by atoms with E-state index in [1.54, 1.807) is 6.07 Å². The van der Waals surface area contributed by atoms with Crippen LogP contribution in [0.5, 0.6) is 11.5 Å². The summed E-state index contributed by atoms with van der Waals surface area (Å²) in [6.07, 6.45) is 0. The van der Waals surface area contributed by atoms with Gasteiger partial charge in [0.1, 0.15) is 17.6 Å². The maximum atomic E-state index is 9.24. The van der Waals surface area contributed by atoms with Crippen LogP contribution in [0.3, 0.4) is 0 Å². The van der Waals surface area contributed by atoms with E-state index in [0.717, 1.165) is 5.56 Å². The normalized spacial score (nSPS) is 9.08. The standard InChI is InChI=1S/C9H9NO2/c1-6-3-7(5-10)8(11)4-9(6)12-2/h3-4,11H,1-2H3. The molecule has 1 N–H and O–H groups in total. The fourth-order valence-corrected chi connectivity index (χ4v) is 0.987. The van der Waals surface area contributed by atoms with Gasteiger partial charge < -0.3 is 9.84 Å². The van der Waals surface area contributed by atoms with E-state index in [0.29, 0.717) is 5.75 Å². The van der Waals surface area contributed by atoms with E-state index in [-0.39, 0.29) is 11.3 Å². The summed E-state index contributed by atoms with van der Waals surface area (Å²) < 4.78 is 4.96. The first kappa shape index (κ1) is 8.41. The number of ether oxygens (including phenoxy) is 1. The lowest BCUT2D eigenvalue weighted by Crippen LogP contribution is -1.88. The number of aryl methyl sites for hydroxylation is 1. The number of hydrogen-bond donors (Lipinski definition) is 1. The van der Waals surface area contributed by atoms with Crippen molar-refractivity contribution in [3.8, 4) is 17.6 Å². The summed E-state index contributed by atoms with van der Waals surface area (Å²) >= 11 is 0. The summed E-state index contributed by atoms with van der Waals surface area (Å²) in [6, 6.07) is 4.91. The van der Waals surface area contributed by atoms with Crippen LogP contribution < -0.4 is 4.74 Å². The van der Waals surface area contributed by atoms with E-state index in [2.05, 4.69) is 0 Å². The fraction of sp³-hybridized carbons (Fsp3) is 0.222. The molecule has 0 aliphatic carbocycles. The number of rotatable bonds is 1. The van der Waals surface area contributed by atoms with E-state index in [1.165, 1.54) is 13.2 Å². The van der Waals surface area contributed by atoms with Crippen molar-refractivity contribution in [1.82, 2.24) is 0 Å². The highest BCUT2D eigenvalue weighted by atomic mass is 16.5. The van der Waals surface area contributed by atoms with E-state index in [1.807, 2.05) is 13.0 Å². The minimum Gasteiger partial charge on any atom is -0.506 e. The zero-order valence-corrected chi connectivity index (χ0v) is 6.96. The third kappa shape index (κ3) is 1.32. The van der Waals surface area contributed by atoms with Crippen LogP contribution in [0, 0.1) is 18.3 Å². The molecule has 0 atom stereocenters. The third-order valence-corrected chi connectivity index (χ3v) is 1.63. The van der Waals surface area contributed by atoms with Crippen molar-refractivity contribution in [1.29, 1.82) is 5.26 Å². The highest BCUT2D eigenvalue weighted by Gasteiger charge is 2.05. The molecule has 1 aromatic rings. The number of nitriles is 1. The Labute approximate surface area is 70.8 Å². The van der Waals surface area contributed by atoms with Gasteiger partial charge in [0.05, 0.1) is 12.7 Å². The van der Waals surface area contributed by atoms with Crippen LogP contribution in [0.25, 0.3) is 0 Å². The Balaban J connectivity index is 3.28. The molecule has 0 spiro atoms. The van der Waals surface area contributed by atoms with Gasteiger partial charge in [0, 0.05) is 6.07 Å². The van der Waals surface area contributed by atoms with Gasteiger partial charge in [-0.25, -0.2) is 0 Å². The molecule has 3 nitrogen and oxygen atoms in total. The molecule has 0 aliphatic rings. The van der Waals surface area contributed by atoms with E-state index < -0.39 is 0 Å². The monoisotopic (exact) mass is 163 g/mol. The van der Waals surface area contributed by atoms with Gasteiger partial charge in [0.2, 0.25) is 0 Å². The largest absolute Gasteiger partial charge is 0.506 e. The van der Waals surface area contributed by atoms with Crippen molar-refractivity contribution >= 4 is 0 Å². The smallest absolute Gasteiger partial charge is 0.137 e. The zero-order chi connectivity index (χ0) is 9.14. The fourth-order valence-electron chi connectivity index (χ4n) is 0.987. The Morgan fingerprint density at radius 1 is 1.50 bits per heavy atom. The number of nitrogens with zero attached hydrogens (tertiary/aromatic N) is 1. The molecule has 0 heterocycles. The molecule has 0 fully saturated rings. The summed E-state index contributed by atoms with van der Waals surface area (Å²) in [5.41, 5.74) is 1.11. The molecule has 62 valence electrons. The maximum absolute atomic E-state index is 9.24. The summed E-state index contributed by atoms with van der Waals surface area (Å²) in [5.74, 6) is 0.548. The number of benzene rings is 1. The summed E-state index contributed by atoms with van der Waals surface area (Å²) in [5, 5.41) is 17.8. The molecule has 1 rings (SSSR count). The van der Waals surface area contributed by atoms with Gasteiger partial charge in [-0.1, -0.05) is 0 Å². The molecule has 0 saturated heterocycles. The molecule has 0 radical (unpaired) electrons. The molecule has 0 aromatic heterocycles. The van der Waals surface area contributed by atoms with E-state index in [4.69, 9.17) is 10.00 Å². The van der Waals surface area contributed by atoms with Gasteiger partial charge in [0.25, 0.3) is 0 Å². The van der Waals surface area contributed by atoms with Crippen LogP contribution in [0.15, 0.2) is 12.1 Å². The predicted molar refractivity (Wildman–Crippen MR) is 44.1 cm³/mol. The Morgan fingerprint density at radius 3 is 2.67 bits per heavy atom. The van der Waals surface area contributed by atoms with Crippen LogP contribution in [0.1, 0.15) is 11.1 Å². The average Bonchev–Trinajstić information content (AvgIpc) is 2.08. The second-order valence-corrected chi connectivity index (χ2v) is 2.45. The van der Waals surface area contributed by atoms with Crippen LogP contribution in [-0.2, 0) is 0 Å². The van der Waals surface area contributed by atoms with Gasteiger partial charge in [0.15, 0.2) is 0 Å². The summed E-state index contributed by atoms with van der Waals surface area (Å²) in [7, 11) is 1.52. The highest BCUT2D eigenvalue weighted by Crippen LogP contribution is 2.26. The third-order valence-electron chi connectivity index (χ3n) is 1.63. The van der Waals surface area contributed by atoms with E-state index >= 15 is 0 Å². The SMILES string of the molecule is COc1cc(O)c(C#N)cc1C. The van der Waals surface area contributed by atoms with Gasteiger partial charge in [-0.2, -0.15) is 5.26 Å². The minimum absolute atomic E-state index is 0.0417. The number of hydrogen-bond acceptors (Lipinski definition) is 3. The van der Waals surface area contributed by atoms with Gasteiger partial charge >= 0.3 is 0 Å². The van der Waals surface area contributed by atoms with Crippen molar-refractivity contribution in [3.05, 3.63) is 23.3 Å². The molecule has 12 heavy (non-hydrogen) atoms. The number of phenolic OH excluding ortho intramolecular Hbond substituents is 1. The molecule has 0 unspecified atom stereocenters. The van der Waals surface area contributed by atoms with Crippen molar-refractivity contribution in [2.24, 2.45) is 0 Å². The predicted octanol–water partition coefficient (Wildman–Crippen LogP) is 1.58. The first-order valence-corrected chi connectivity index (χ1v) is 3.46. The Hall–Kier alpha value is -1.69. The molecular formula is C9H9NO2.